The van der Waals surface area contributed by atoms with Crippen molar-refractivity contribution in [3.63, 3.8) is 0 Å². The largest absolute Gasteiger partial charge is 0.357 e. The maximum atomic E-state index is 12.8. The van der Waals surface area contributed by atoms with Crippen molar-refractivity contribution in [2.45, 2.75) is 58.1 Å². The number of guanidine groups is 1. The molecule has 0 spiro atoms. The number of benzene rings is 2. The van der Waals surface area contributed by atoms with E-state index in [4.69, 9.17) is 0 Å². The van der Waals surface area contributed by atoms with E-state index in [2.05, 4.69) is 51.5 Å². The van der Waals surface area contributed by atoms with E-state index in [9.17, 15) is 8.42 Å². The molecule has 0 saturated carbocycles. The molecule has 0 unspecified atom stereocenters. The molecule has 0 bridgehead atoms. The highest BCUT2D eigenvalue weighted by molar-refractivity contribution is 14.0. The van der Waals surface area contributed by atoms with Crippen LogP contribution < -0.4 is 15.4 Å². The first-order chi connectivity index (χ1) is 13.6. The Labute approximate surface area is 198 Å². The first kappa shape index (κ1) is 26.4. The van der Waals surface area contributed by atoms with Crippen LogP contribution in [0.15, 0.2) is 58.4 Å². The van der Waals surface area contributed by atoms with Gasteiger partial charge in [0, 0.05) is 18.6 Å². The van der Waals surface area contributed by atoms with Gasteiger partial charge < -0.3 is 10.6 Å². The van der Waals surface area contributed by atoms with Crippen LogP contribution in [0.5, 0.6) is 0 Å². The summed E-state index contributed by atoms with van der Waals surface area (Å²) < 4.78 is 28.3. The molecule has 30 heavy (non-hydrogen) atoms. The summed E-state index contributed by atoms with van der Waals surface area (Å²) in [5.74, 6) is 0.643. The van der Waals surface area contributed by atoms with E-state index in [1.165, 1.54) is 5.56 Å². The second-order valence-corrected chi connectivity index (χ2v) is 9.65. The Balaban J connectivity index is 0.00000450. The summed E-state index contributed by atoms with van der Waals surface area (Å²) in [4.78, 5) is 4.88. The number of nitrogens with one attached hydrogen (secondary N) is 3. The number of hydrogen-bond acceptors (Lipinski definition) is 3. The zero-order valence-electron chi connectivity index (χ0n) is 18.3. The Morgan fingerprint density at radius 1 is 1.00 bits per heavy atom. The summed E-state index contributed by atoms with van der Waals surface area (Å²) in [6.07, 6.45) is 0. The van der Waals surface area contributed by atoms with Gasteiger partial charge in [0.2, 0.25) is 10.0 Å². The molecule has 0 aliphatic heterocycles. The summed E-state index contributed by atoms with van der Waals surface area (Å²) in [6, 6.07) is 15.3. The van der Waals surface area contributed by atoms with Crippen LogP contribution in [-0.4, -0.2) is 26.5 Å². The van der Waals surface area contributed by atoms with Crippen molar-refractivity contribution < 1.29 is 8.42 Å². The van der Waals surface area contributed by atoms with Crippen LogP contribution in [0.4, 0.5) is 0 Å². The first-order valence-corrected chi connectivity index (χ1v) is 11.3. The van der Waals surface area contributed by atoms with Gasteiger partial charge >= 0.3 is 0 Å². The molecule has 2 rings (SSSR count). The van der Waals surface area contributed by atoms with Gasteiger partial charge in [-0.05, 0) is 51.8 Å². The molecule has 0 fully saturated rings. The van der Waals surface area contributed by atoms with E-state index in [-0.39, 0.29) is 28.9 Å². The van der Waals surface area contributed by atoms with Crippen LogP contribution in [0.25, 0.3) is 0 Å². The molecule has 2 aromatic rings. The summed E-state index contributed by atoms with van der Waals surface area (Å²) in [5.41, 5.74) is 2.46. The molecule has 166 valence electrons. The maximum absolute atomic E-state index is 12.8. The molecule has 0 atom stereocenters. The monoisotopic (exact) mass is 544 g/mol. The van der Waals surface area contributed by atoms with E-state index in [0.29, 0.717) is 31.2 Å². The molecule has 0 saturated heterocycles. The number of sulfonamides is 1. The predicted octanol–water partition coefficient (Wildman–Crippen LogP) is 3.95. The van der Waals surface area contributed by atoms with Crippen LogP contribution >= 0.6 is 24.0 Å². The molecule has 0 amide bonds. The van der Waals surface area contributed by atoms with Crippen molar-refractivity contribution in [3.05, 3.63) is 65.2 Å². The summed E-state index contributed by atoms with van der Waals surface area (Å²) >= 11 is 0. The van der Waals surface area contributed by atoms with Crippen molar-refractivity contribution in [1.29, 1.82) is 0 Å². The van der Waals surface area contributed by atoms with Gasteiger partial charge in [-0.15, -0.1) is 24.0 Å². The minimum absolute atomic E-state index is 0. The lowest BCUT2D eigenvalue weighted by Gasteiger charge is -2.22. The smallest absolute Gasteiger partial charge is 0.241 e. The quantitative estimate of drug-likeness (QED) is 0.280. The number of rotatable bonds is 7. The maximum Gasteiger partial charge on any atom is 0.241 e. The van der Waals surface area contributed by atoms with Crippen LogP contribution in [0, 0.1) is 6.92 Å². The normalized spacial score (nSPS) is 12.2. The van der Waals surface area contributed by atoms with Crippen molar-refractivity contribution in [2.75, 3.05) is 6.54 Å². The van der Waals surface area contributed by atoms with Crippen LogP contribution in [0.3, 0.4) is 0 Å². The van der Waals surface area contributed by atoms with Gasteiger partial charge in [-0.3, -0.25) is 0 Å². The summed E-state index contributed by atoms with van der Waals surface area (Å²) in [7, 11) is -3.62. The fourth-order valence-electron chi connectivity index (χ4n) is 2.75. The second-order valence-electron chi connectivity index (χ2n) is 8.00. The molecule has 0 aliphatic carbocycles. The molecule has 0 aromatic heterocycles. The molecule has 0 radical (unpaired) electrons. The molecular weight excluding hydrogens is 511 g/mol. The highest BCUT2D eigenvalue weighted by Gasteiger charge is 2.24. The number of halogens is 1. The van der Waals surface area contributed by atoms with E-state index in [1.807, 2.05) is 39.8 Å². The van der Waals surface area contributed by atoms with Crippen LogP contribution in [0.2, 0.25) is 0 Å². The van der Waals surface area contributed by atoms with Gasteiger partial charge in [0.15, 0.2) is 5.96 Å². The van der Waals surface area contributed by atoms with Gasteiger partial charge in [-0.1, -0.05) is 48.0 Å². The van der Waals surface area contributed by atoms with E-state index < -0.39 is 15.6 Å². The van der Waals surface area contributed by atoms with E-state index in [1.54, 1.807) is 12.1 Å². The Morgan fingerprint density at radius 3 is 2.23 bits per heavy atom. The molecule has 6 nitrogen and oxygen atoms in total. The Kier molecular flexibility index (Phi) is 10.3. The fraction of sp³-hybridized carbons (Fsp3) is 0.409. The number of aliphatic imine (C=N–C) groups is 1. The van der Waals surface area contributed by atoms with Gasteiger partial charge in [0.25, 0.3) is 0 Å². The zero-order valence-corrected chi connectivity index (χ0v) is 21.5. The lowest BCUT2D eigenvalue weighted by molar-refractivity contribution is 0.491. The topological polar surface area (TPSA) is 82.6 Å². The molecule has 0 heterocycles. The summed E-state index contributed by atoms with van der Waals surface area (Å²) in [5, 5.41) is 6.45. The molecule has 0 aliphatic rings. The minimum Gasteiger partial charge on any atom is -0.357 e. The minimum atomic E-state index is -3.62. The average Bonchev–Trinajstić information content (AvgIpc) is 2.63. The van der Waals surface area contributed by atoms with Crippen molar-refractivity contribution in [2.24, 2.45) is 4.99 Å². The Morgan fingerprint density at radius 2 is 1.63 bits per heavy atom. The SMILES string of the molecule is CCNC(=NCc1ccc(C)cc1)NCc1ccccc1S(=O)(=O)NC(C)(C)C.I. The number of hydrogen-bond donors (Lipinski definition) is 3. The Bertz CT molecular complexity index is 936. The zero-order chi connectivity index (χ0) is 21.5. The first-order valence-electron chi connectivity index (χ1n) is 9.80. The van der Waals surface area contributed by atoms with Gasteiger partial charge in [-0.2, -0.15) is 0 Å². The summed E-state index contributed by atoms with van der Waals surface area (Å²) in [6.45, 7) is 11.1. The van der Waals surface area contributed by atoms with Gasteiger partial charge in [0.1, 0.15) is 0 Å². The van der Waals surface area contributed by atoms with Gasteiger partial charge in [0.05, 0.1) is 11.4 Å². The standard InChI is InChI=1S/C22H32N4O2S.HI/c1-6-23-21(24-15-18-13-11-17(2)12-14-18)25-16-19-9-7-8-10-20(19)29(27,28)26-22(3,4)5;/h7-14,26H,6,15-16H2,1-5H3,(H2,23,24,25);1H. The Hall–Kier alpha value is -1.65. The lowest BCUT2D eigenvalue weighted by atomic mass is 10.1. The van der Waals surface area contributed by atoms with E-state index in [0.717, 1.165) is 5.56 Å². The predicted molar refractivity (Wildman–Crippen MR) is 135 cm³/mol. The highest BCUT2D eigenvalue weighted by atomic mass is 127. The van der Waals surface area contributed by atoms with Crippen molar-refractivity contribution in [1.82, 2.24) is 15.4 Å². The third-order valence-electron chi connectivity index (χ3n) is 4.03. The van der Waals surface area contributed by atoms with Crippen LogP contribution in [0.1, 0.15) is 44.4 Å². The molecule has 2 aromatic carbocycles. The lowest BCUT2D eigenvalue weighted by Crippen LogP contribution is -2.41. The van der Waals surface area contributed by atoms with Crippen molar-refractivity contribution >= 4 is 40.0 Å². The van der Waals surface area contributed by atoms with E-state index >= 15 is 0 Å². The molecular formula is C22H33IN4O2S. The number of nitrogens with zero attached hydrogens (tertiary/aromatic N) is 1. The fourth-order valence-corrected chi connectivity index (χ4v) is 4.41. The molecule has 3 N–H and O–H groups in total. The second kappa shape index (κ2) is 11.7. The molecule has 8 heteroatoms. The number of aryl methyl sites for hydroxylation is 1. The van der Waals surface area contributed by atoms with Gasteiger partial charge in [-0.25, -0.2) is 18.1 Å². The average molecular weight is 545 g/mol. The van der Waals surface area contributed by atoms with Crippen molar-refractivity contribution in [3.8, 4) is 0 Å². The van der Waals surface area contributed by atoms with Crippen LogP contribution in [-0.2, 0) is 23.1 Å². The highest BCUT2D eigenvalue weighted by Crippen LogP contribution is 2.17. The third kappa shape index (κ3) is 8.61. The third-order valence-corrected chi connectivity index (χ3v) is 5.89.